The molecule has 0 aromatic heterocycles. The predicted octanol–water partition coefficient (Wildman–Crippen LogP) is 11.5. The number of carboxylic acids is 2. The summed E-state index contributed by atoms with van der Waals surface area (Å²) in [6, 6.07) is 35.2. The Morgan fingerprint density at radius 1 is 0.486 bits per heavy atom. The van der Waals surface area contributed by atoms with E-state index in [0.717, 1.165) is 52.0 Å². The molecule has 2 aliphatic heterocycles. The van der Waals surface area contributed by atoms with E-state index in [9.17, 15) is 29.4 Å². The van der Waals surface area contributed by atoms with E-state index in [0.29, 0.717) is 29.1 Å². The maximum Gasteiger partial charge on any atom is 0.411 e. The van der Waals surface area contributed by atoms with Gasteiger partial charge in [0.2, 0.25) is 5.41 Å². The number of carboxylic acid groups (broad SMARTS) is 2. The quantitative estimate of drug-likeness (QED) is 0.0578. The molecule has 2 amide bonds. The molecule has 2 aliphatic rings. The van der Waals surface area contributed by atoms with Gasteiger partial charge < -0.3 is 46.3 Å². The van der Waals surface area contributed by atoms with Crippen LogP contribution in [0.2, 0.25) is 0 Å². The average molecular weight is 988 g/mol. The van der Waals surface area contributed by atoms with E-state index in [1.807, 2.05) is 91.2 Å². The fourth-order valence-corrected chi connectivity index (χ4v) is 8.79. The van der Waals surface area contributed by atoms with Gasteiger partial charge in [-0.05, 0) is 106 Å². The molecule has 2 atom stereocenters. The van der Waals surface area contributed by atoms with Crippen LogP contribution >= 0.6 is 0 Å². The summed E-state index contributed by atoms with van der Waals surface area (Å²) in [6.07, 6.45) is -13.5. The average Bonchev–Trinajstić information content (AvgIpc) is 4.00. The fourth-order valence-electron chi connectivity index (χ4n) is 8.79. The Morgan fingerprint density at radius 2 is 0.889 bits per heavy atom. The number of rotatable bonds is 12. The molecule has 0 fully saturated rings. The molecule has 0 bridgehead atoms. The van der Waals surface area contributed by atoms with Crippen LogP contribution in [0.4, 0.5) is 49.1 Å². The number of alkyl halides is 6. The van der Waals surface area contributed by atoms with E-state index in [1.165, 1.54) is 12.1 Å². The van der Waals surface area contributed by atoms with Crippen molar-refractivity contribution in [1.29, 1.82) is 0 Å². The number of anilines is 4. The van der Waals surface area contributed by atoms with E-state index in [-0.39, 0.29) is 36.2 Å². The molecular weight excluding hydrogens is 949 g/mol. The lowest BCUT2D eigenvalue weighted by Crippen LogP contribution is -2.55. The zero-order valence-corrected chi connectivity index (χ0v) is 37.6. The Bertz CT molecular complexity index is 3280. The number of hydrogen-bond acceptors (Lipinski definition) is 9. The molecule has 2 heterocycles. The Labute approximate surface area is 405 Å². The van der Waals surface area contributed by atoms with E-state index < -0.39 is 81.1 Å². The number of fused-ring (bicyclic) bond motifs is 2. The lowest BCUT2D eigenvalue weighted by atomic mass is 9.71. The lowest BCUT2D eigenvalue weighted by molar-refractivity contribution is -0.288. The second-order valence-corrected chi connectivity index (χ2v) is 16.7. The highest BCUT2D eigenvalue weighted by atomic mass is 19.4. The van der Waals surface area contributed by atoms with Crippen molar-refractivity contribution in [3.8, 4) is 33.8 Å². The smallest absolute Gasteiger partial charge is 0.411 e. The van der Waals surface area contributed by atoms with Gasteiger partial charge in [0.25, 0.3) is 11.8 Å². The van der Waals surface area contributed by atoms with Gasteiger partial charge in [-0.25, -0.2) is 9.59 Å². The Kier molecular flexibility index (Phi) is 12.3. The number of nitrogens with one attached hydrogen (secondary N) is 5. The number of halogens is 6. The number of benzene rings is 7. The van der Waals surface area contributed by atoms with Crippen LogP contribution in [0.5, 0.6) is 11.5 Å². The van der Waals surface area contributed by atoms with Crippen molar-refractivity contribution in [2.45, 2.75) is 30.2 Å². The second-order valence-electron chi connectivity index (χ2n) is 16.7. The van der Waals surface area contributed by atoms with Crippen molar-refractivity contribution in [3.63, 3.8) is 0 Å². The van der Waals surface area contributed by atoms with E-state index >= 15 is 26.3 Å². The van der Waals surface area contributed by atoms with Crippen LogP contribution in [0.15, 0.2) is 146 Å². The van der Waals surface area contributed by atoms with E-state index in [4.69, 9.17) is 9.47 Å². The third-order valence-electron chi connectivity index (χ3n) is 12.5. The molecule has 0 saturated carbocycles. The van der Waals surface area contributed by atoms with Crippen molar-refractivity contribution in [2.24, 2.45) is 0 Å². The van der Waals surface area contributed by atoms with Gasteiger partial charge >= 0.3 is 24.3 Å². The van der Waals surface area contributed by atoms with Crippen molar-refractivity contribution >= 4 is 46.5 Å². The molecule has 19 heteroatoms. The highest BCUT2D eigenvalue weighted by molar-refractivity contribution is 6.11. The first-order valence-electron chi connectivity index (χ1n) is 21.8. The molecule has 366 valence electrons. The first kappa shape index (κ1) is 48.0. The molecule has 13 nitrogen and oxygen atoms in total. The van der Waals surface area contributed by atoms with E-state index in [2.05, 4.69) is 21.3 Å². The highest BCUT2D eigenvalue weighted by Crippen LogP contribution is 2.57. The van der Waals surface area contributed by atoms with E-state index in [1.54, 1.807) is 18.2 Å². The van der Waals surface area contributed by atoms with Crippen LogP contribution in [-0.2, 0) is 5.41 Å². The van der Waals surface area contributed by atoms with Crippen LogP contribution in [0.25, 0.3) is 22.3 Å². The molecule has 2 unspecified atom stereocenters. The van der Waals surface area contributed by atoms with Crippen molar-refractivity contribution in [2.75, 3.05) is 35.4 Å². The molecule has 7 N–H and O–H groups in total. The first-order valence-corrected chi connectivity index (χ1v) is 21.8. The van der Waals surface area contributed by atoms with Crippen LogP contribution < -0.4 is 36.1 Å². The topological polar surface area (TPSA) is 187 Å². The highest BCUT2D eigenvalue weighted by Gasteiger charge is 2.72. The standard InChI is InChI=1S/C53H39F6N5O8/c1-60-35-15-7-29(8-16-35)47-63-41-23-31(11-21-43(41)71-47)27-3-5-28(6-4-27)32-12-22-44-42(24-32)64-48(72-44)30-9-17-36(18-10-30)62-46(66)40-26-34(14-20-38(40)50(69)70)51(52(54,55)56,53(57,58)59)33-13-19-37(49(67)68)39(25-33)45(65)61-2/h3-26,47-48,60,63-64H,1-2H3,(H,61,65)(H,62,66)(H,67,68)(H,69,70). The van der Waals surface area contributed by atoms with Gasteiger partial charge in [0, 0.05) is 36.6 Å². The number of carbonyl (C=O) groups excluding carboxylic acids is 2. The molecule has 0 radical (unpaired) electrons. The zero-order chi connectivity index (χ0) is 51.3. The predicted molar refractivity (Wildman–Crippen MR) is 255 cm³/mol. The van der Waals surface area contributed by atoms with Gasteiger partial charge in [-0.15, -0.1) is 0 Å². The monoisotopic (exact) mass is 987 g/mol. The van der Waals surface area contributed by atoms with Gasteiger partial charge in [-0.3, -0.25) is 9.59 Å². The normalized spacial score (nSPS) is 14.9. The second kappa shape index (κ2) is 18.4. The van der Waals surface area contributed by atoms with Crippen LogP contribution in [0.3, 0.4) is 0 Å². The number of ether oxygens (including phenoxy) is 2. The van der Waals surface area contributed by atoms with Crippen molar-refractivity contribution in [3.05, 3.63) is 190 Å². The number of carbonyl (C=O) groups is 4. The number of hydrogen-bond donors (Lipinski definition) is 7. The summed E-state index contributed by atoms with van der Waals surface area (Å²) in [5.74, 6) is -5.01. The van der Waals surface area contributed by atoms with Gasteiger partial charge in [0.1, 0.15) is 11.5 Å². The van der Waals surface area contributed by atoms with Gasteiger partial charge in [-0.1, -0.05) is 72.8 Å². The van der Waals surface area contributed by atoms with Crippen LogP contribution in [0.1, 0.15) is 76.1 Å². The third-order valence-corrected chi connectivity index (χ3v) is 12.5. The number of amides is 2. The summed E-state index contributed by atoms with van der Waals surface area (Å²) in [5, 5.41) is 33.6. The summed E-state index contributed by atoms with van der Waals surface area (Å²) in [7, 11) is 2.85. The molecule has 72 heavy (non-hydrogen) atoms. The summed E-state index contributed by atoms with van der Waals surface area (Å²) < 4.78 is 103. The maximum atomic E-state index is 15.2. The van der Waals surface area contributed by atoms with Crippen molar-refractivity contribution < 1.29 is 65.2 Å². The summed E-state index contributed by atoms with van der Waals surface area (Å²) in [5.41, 5.74) is -4.21. The lowest BCUT2D eigenvalue weighted by Gasteiger charge is -2.38. The Morgan fingerprint density at radius 3 is 1.28 bits per heavy atom. The van der Waals surface area contributed by atoms with Crippen LogP contribution in [0, 0.1) is 0 Å². The Balaban J connectivity index is 0.907. The van der Waals surface area contributed by atoms with Gasteiger partial charge in [-0.2, -0.15) is 26.3 Å². The minimum atomic E-state index is -6.25. The molecule has 9 rings (SSSR count). The largest absolute Gasteiger partial charge is 0.478 e. The molecular formula is C53H39F6N5O8. The number of aromatic carboxylic acids is 2. The molecule has 7 aromatic rings. The summed E-state index contributed by atoms with van der Waals surface area (Å²) in [4.78, 5) is 50.3. The SMILES string of the molecule is CNC(=O)c1cc(C(c2ccc(C(=O)O)c(C(=O)Nc3ccc(C4Nc5cc(-c6ccc(-c7ccc8c(c7)NC(c7ccc(NC)cc7)O8)cc6)ccc5O4)cc3)c2)(C(F)(F)F)C(F)(F)F)ccc1C(=O)O. The third kappa shape index (κ3) is 8.69. The molecule has 7 aromatic carbocycles. The Hall–Kier alpha value is -9.00. The maximum absolute atomic E-state index is 15.2. The fraction of sp³-hybridized carbons (Fsp3) is 0.132. The van der Waals surface area contributed by atoms with Gasteiger partial charge in [0.15, 0.2) is 12.5 Å². The summed E-state index contributed by atoms with van der Waals surface area (Å²) in [6.45, 7) is 0. The minimum absolute atomic E-state index is 0.00611. The zero-order valence-electron chi connectivity index (χ0n) is 37.6. The molecule has 0 aliphatic carbocycles. The van der Waals surface area contributed by atoms with Crippen molar-refractivity contribution in [1.82, 2.24) is 5.32 Å². The summed E-state index contributed by atoms with van der Waals surface area (Å²) >= 11 is 0. The van der Waals surface area contributed by atoms with Gasteiger partial charge in [0.05, 0.1) is 33.6 Å². The first-order chi connectivity index (χ1) is 34.3. The molecule has 0 saturated heterocycles. The molecule has 0 spiro atoms. The van der Waals surface area contributed by atoms with Crippen LogP contribution in [-0.4, -0.2) is 60.4 Å². The minimum Gasteiger partial charge on any atom is -0.478 e.